The lowest BCUT2D eigenvalue weighted by Crippen LogP contribution is -1.78. The van der Waals surface area contributed by atoms with E-state index in [-0.39, 0.29) is 0 Å². The van der Waals surface area contributed by atoms with Crippen LogP contribution in [-0.2, 0) is 0 Å². The topological polar surface area (TPSA) is 38.4 Å². The summed E-state index contributed by atoms with van der Waals surface area (Å²) >= 11 is 3.48. The van der Waals surface area contributed by atoms with Crippen molar-refractivity contribution in [2.24, 2.45) is 4.99 Å². The fourth-order valence-electron chi connectivity index (χ4n) is 3.11. The van der Waals surface area contributed by atoms with Crippen molar-refractivity contribution in [3.8, 4) is 11.5 Å². The number of oxazole rings is 1. The number of aryl methyl sites for hydroxylation is 2. The molecule has 0 N–H and O–H groups in total. The summed E-state index contributed by atoms with van der Waals surface area (Å²) in [5.74, 6) is 0.616. The summed E-state index contributed by atoms with van der Waals surface area (Å²) in [6, 6.07) is 20.2. The van der Waals surface area contributed by atoms with Gasteiger partial charge in [-0.2, -0.15) is 0 Å². The summed E-state index contributed by atoms with van der Waals surface area (Å²) in [5.41, 5.74) is 6.89. The van der Waals surface area contributed by atoms with Crippen molar-refractivity contribution in [1.82, 2.24) is 4.98 Å². The standard InChI is InChI=1S/C24H19BrN2O/c1-16-12-17(2)23-22(13-16)27-24(28-23)19-8-4-10-21(15-19)26-11-5-7-18-6-3-9-20(25)14-18/h3-15H,1-2H3. The van der Waals surface area contributed by atoms with Gasteiger partial charge in [0.05, 0.1) is 5.69 Å². The number of halogens is 1. The first-order valence-electron chi connectivity index (χ1n) is 9.03. The fourth-order valence-corrected chi connectivity index (χ4v) is 3.53. The molecule has 0 bridgehead atoms. The Balaban J connectivity index is 1.57. The molecule has 0 aliphatic heterocycles. The highest BCUT2D eigenvalue weighted by Gasteiger charge is 2.11. The predicted octanol–water partition coefficient (Wildman–Crippen LogP) is 7.29. The van der Waals surface area contributed by atoms with Gasteiger partial charge in [0.2, 0.25) is 5.89 Å². The van der Waals surface area contributed by atoms with Crippen molar-refractivity contribution in [2.75, 3.05) is 0 Å². The average molecular weight is 431 g/mol. The average Bonchev–Trinajstić information content (AvgIpc) is 3.10. The third-order valence-electron chi connectivity index (χ3n) is 4.36. The van der Waals surface area contributed by atoms with Crippen molar-refractivity contribution in [3.63, 3.8) is 0 Å². The highest BCUT2D eigenvalue weighted by molar-refractivity contribution is 9.10. The Morgan fingerprint density at radius 2 is 1.86 bits per heavy atom. The molecule has 138 valence electrons. The van der Waals surface area contributed by atoms with Crippen LogP contribution in [0.15, 0.2) is 80.6 Å². The molecule has 1 heterocycles. The lowest BCUT2D eigenvalue weighted by atomic mass is 10.1. The van der Waals surface area contributed by atoms with E-state index in [1.54, 1.807) is 6.21 Å². The summed E-state index contributed by atoms with van der Waals surface area (Å²) in [7, 11) is 0. The molecule has 4 rings (SSSR count). The molecule has 4 heteroatoms. The van der Waals surface area contributed by atoms with Crippen LogP contribution in [0.4, 0.5) is 5.69 Å². The first-order chi connectivity index (χ1) is 13.6. The van der Waals surface area contributed by atoms with Crippen molar-refractivity contribution in [1.29, 1.82) is 0 Å². The summed E-state index contributed by atoms with van der Waals surface area (Å²) < 4.78 is 7.07. The second kappa shape index (κ2) is 7.95. The SMILES string of the molecule is Cc1cc(C)c2oc(-c3cccc(N=CC=Cc4cccc(Br)c4)c3)nc2c1. The van der Waals surface area contributed by atoms with Gasteiger partial charge >= 0.3 is 0 Å². The van der Waals surface area contributed by atoms with Gasteiger partial charge < -0.3 is 4.42 Å². The maximum atomic E-state index is 6.01. The number of aromatic nitrogens is 1. The zero-order valence-corrected chi connectivity index (χ0v) is 17.3. The monoisotopic (exact) mass is 430 g/mol. The Morgan fingerprint density at radius 1 is 1.00 bits per heavy atom. The molecule has 0 aliphatic carbocycles. The zero-order chi connectivity index (χ0) is 19.5. The van der Waals surface area contributed by atoms with Gasteiger partial charge in [-0.1, -0.05) is 46.3 Å². The zero-order valence-electron chi connectivity index (χ0n) is 15.7. The maximum absolute atomic E-state index is 6.01. The third kappa shape index (κ3) is 4.12. The van der Waals surface area contributed by atoms with Crippen molar-refractivity contribution in [2.45, 2.75) is 13.8 Å². The molecular weight excluding hydrogens is 412 g/mol. The minimum Gasteiger partial charge on any atom is -0.436 e. The summed E-state index contributed by atoms with van der Waals surface area (Å²) in [4.78, 5) is 9.18. The van der Waals surface area contributed by atoms with Gasteiger partial charge in [0, 0.05) is 16.3 Å². The normalized spacial score (nSPS) is 11.8. The van der Waals surface area contributed by atoms with Crippen LogP contribution in [0.3, 0.4) is 0 Å². The van der Waals surface area contributed by atoms with E-state index in [4.69, 9.17) is 4.42 Å². The lowest BCUT2D eigenvalue weighted by Gasteiger charge is -1.97. The number of fused-ring (bicyclic) bond motifs is 1. The number of benzene rings is 3. The van der Waals surface area contributed by atoms with Gasteiger partial charge in [-0.25, -0.2) is 4.98 Å². The second-order valence-corrected chi connectivity index (χ2v) is 7.61. The van der Waals surface area contributed by atoms with Crippen LogP contribution in [0.5, 0.6) is 0 Å². The second-order valence-electron chi connectivity index (χ2n) is 6.69. The van der Waals surface area contributed by atoms with Crippen molar-refractivity contribution < 1.29 is 4.42 Å². The fraction of sp³-hybridized carbons (Fsp3) is 0.0833. The molecular formula is C24H19BrN2O. The Labute approximate surface area is 172 Å². The van der Waals surface area contributed by atoms with Crippen LogP contribution in [0.1, 0.15) is 16.7 Å². The van der Waals surface area contributed by atoms with Gasteiger partial charge in [-0.3, -0.25) is 4.99 Å². The minimum absolute atomic E-state index is 0.616. The molecule has 0 aliphatic rings. The molecule has 0 amide bonds. The number of allylic oxidation sites excluding steroid dienone is 1. The van der Waals surface area contributed by atoms with E-state index in [1.807, 2.05) is 67.6 Å². The molecule has 4 aromatic rings. The highest BCUT2D eigenvalue weighted by atomic mass is 79.9. The largest absolute Gasteiger partial charge is 0.436 e. The first kappa shape index (κ1) is 18.4. The first-order valence-corrected chi connectivity index (χ1v) is 9.82. The maximum Gasteiger partial charge on any atom is 0.227 e. The quantitative estimate of drug-likeness (QED) is 0.318. The Morgan fingerprint density at radius 3 is 2.71 bits per heavy atom. The highest BCUT2D eigenvalue weighted by Crippen LogP contribution is 2.29. The van der Waals surface area contributed by atoms with Crippen LogP contribution < -0.4 is 0 Å². The molecule has 0 unspecified atom stereocenters. The van der Waals surface area contributed by atoms with E-state index in [0.717, 1.165) is 38.0 Å². The summed E-state index contributed by atoms with van der Waals surface area (Å²) in [6.07, 6.45) is 5.74. The number of aliphatic imine (C=N–C) groups is 1. The van der Waals surface area contributed by atoms with Crippen LogP contribution in [0, 0.1) is 13.8 Å². The third-order valence-corrected chi connectivity index (χ3v) is 4.85. The number of nitrogens with zero attached hydrogens (tertiary/aromatic N) is 2. The Kier molecular flexibility index (Phi) is 5.22. The smallest absolute Gasteiger partial charge is 0.227 e. The van der Waals surface area contributed by atoms with Crippen LogP contribution >= 0.6 is 15.9 Å². The van der Waals surface area contributed by atoms with Gasteiger partial charge in [0.15, 0.2) is 5.58 Å². The van der Waals surface area contributed by atoms with Gasteiger partial charge in [-0.05, 0) is 73.0 Å². The van der Waals surface area contributed by atoms with Gasteiger partial charge in [0.1, 0.15) is 5.52 Å². The summed E-state index contributed by atoms with van der Waals surface area (Å²) in [6.45, 7) is 4.11. The van der Waals surface area contributed by atoms with Crippen molar-refractivity contribution >= 4 is 45.0 Å². The van der Waals surface area contributed by atoms with Gasteiger partial charge in [0.25, 0.3) is 0 Å². The number of rotatable bonds is 4. The van der Waals surface area contributed by atoms with E-state index in [0.29, 0.717) is 5.89 Å². The number of hydrogen-bond acceptors (Lipinski definition) is 3. The van der Waals surface area contributed by atoms with E-state index >= 15 is 0 Å². The predicted molar refractivity (Wildman–Crippen MR) is 120 cm³/mol. The van der Waals surface area contributed by atoms with Crippen LogP contribution in [0.25, 0.3) is 28.6 Å². The molecule has 0 saturated heterocycles. The van der Waals surface area contributed by atoms with E-state index in [9.17, 15) is 0 Å². The molecule has 0 atom stereocenters. The summed E-state index contributed by atoms with van der Waals surface area (Å²) in [5, 5.41) is 0. The van der Waals surface area contributed by atoms with Crippen LogP contribution in [-0.4, -0.2) is 11.2 Å². The molecule has 0 spiro atoms. The molecule has 28 heavy (non-hydrogen) atoms. The Hall–Kier alpha value is -2.98. The molecule has 0 saturated carbocycles. The van der Waals surface area contributed by atoms with E-state index < -0.39 is 0 Å². The molecule has 3 nitrogen and oxygen atoms in total. The Bertz CT molecular complexity index is 1200. The van der Waals surface area contributed by atoms with Crippen molar-refractivity contribution in [3.05, 3.63) is 87.9 Å². The molecule has 0 fully saturated rings. The molecule has 0 radical (unpaired) electrons. The minimum atomic E-state index is 0.616. The molecule has 1 aromatic heterocycles. The molecule has 3 aromatic carbocycles. The van der Waals surface area contributed by atoms with Crippen LogP contribution in [0.2, 0.25) is 0 Å². The van der Waals surface area contributed by atoms with E-state index in [1.165, 1.54) is 5.56 Å². The van der Waals surface area contributed by atoms with E-state index in [2.05, 4.69) is 45.0 Å². The lowest BCUT2D eigenvalue weighted by molar-refractivity contribution is 0.617. The number of hydrogen-bond donors (Lipinski definition) is 0. The van der Waals surface area contributed by atoms with Gasteiger partial charge in [-0.15, -0.1) is 0 Å².